The highest BCUT2D eigenvalue weighted by Gasteiger charge is 2.33. The standard InChI is InChI=1S/C7H12N2O5S/c1-5(10)9-4-2-3-6(9)7(11)14-8-15(12)13/h6,8H,2-4H2,1H3,(H,12,13)/p-1. The van der Waals surface area contributed by atoms with Gasteiger partial charge in [0.2, 0.25) is 5.91 Å². The molecule has 0 bridgehead atoms. The number of likely N-dealkylation sites (tertiary alicyclic amines) is 1. The highest BCUT2D eigenvalue weighted by atomic mass is 32.2. The first-order valence-corrected chi connectivity index (χ1v) is 5.42. The van der Waals surface area contributed by atoms with Crippen molar-refractivity contribution in [2.75, 3.05) is 6.54 Å². The summed E-state index contributed by atoms with van der Waals surface area (Å²) in [6.45, 7) is 1.85. The summed E-state index contributed by atoms with van der Waals surface area (Å²) in [5.41, 5.74) is 0. The van der Waals surface area contributed by atoms with Gasteiger partial charge in [0.1, 0.15) is 6.04 Å². The Hall–Kier alpha value is -0.990. The first kappa shape index (κ1) is 12.1. The maximum absolute atomic E-state index is 11.3. The number of rotatable bonds is 3. The molecule has 8 heteroatoms. The van der Waals surface area contributed by atoms with Gasteiger partial charge in [0, 0.05) is 13.5 Å². The third-order valence-corrected chi connectivity index (χ3v) is 2.36. The molecule has 0 spiro atoms. The zero-order chi connectivity index (χ0) is 11.4. The largest absolute Gasteiger partial charge is 0.758 e. The molecule has 2 unspecified atom stereocenters. The molecular formula is C7H11N2O5S-. The number of carbonyl (C=O) groups is 2. The average Bonchev–Trinajstić information content (AvgIpc) is 2.62. The Balaban J connectivity index is 2.51. The van der Waals surface area contributed by atoms with Crippen LogP contribution in [0.4, 0.5) is 0 Å². The molecule has 1 rings (SSSR count). The molecule has 1 saturated heterocycles. The molecule has 0 aromatic carbocycles. The molecule has 1 heterocycles. The lowest BCUT2D eigenvalue weighted by Crippen LogP contribution is -2.42. The first-order chi connectivity index (χ1) is 7.02. The second kappa shape index (κ2) is 5.19. The molecule has 0 saturated carbocycles. The third kappa shape index (κ3) is 3.26. The van der Waals surface area contributed by atoms with Crippen molar-refractivity contribution >= 4 is 23.1 Å². The molecule has 1 amide bonds. The van der Waals surface area contributed by atoms with E-state index in [4.69, 9.17) is 0 Å². The maximum atomic E-state index is 11.3. The second-order valence-electron chi connectivity index (χ2n) is 3.11. The van der Waals surface area contributed by atoms with Gasteiger partial charge in [0.25, 0.3) is 0 Å². The zero-order valence-electron chi connectivity index (χ0n) is 8.10. The van der Waals surface area contributed by atoms with E-state index in [1.54, 1.807) is 0 Å². The minimum absolute atomic E-state index is 0.224. The Bertz CT molecular complexity index is 295. The van der Waals surface area contributed by atoms with Crippen LogP contribution in [-0.2, 0) is 25.7 Å². The van der Waals surface area contributed by atoms with Gasteiger partial charge in [-0.1, -0.05) is 4.89 Å². The Morgan fingerprint density at radius 1 is 1.60 bits per heavy atom. The minimum Gasteiger partial charge on any atom is -0.758 e. The van der Waals surface area contributed by atoms with Crippen molar-refractivity contribution in [1.82, 2.24) is 9.79 Å². The van der Waals surface area contributed by atoms with E-state index in [0.717, 1.165) is 0 Å². The van der Waals surface area contributed by atoms with Gasteiger partial charge < -0.3 is 14.3 Å². The van der Waals surface area contributed by atoms with Gasteiger partial charge in [-0.2, -0.15) is 0 Å². The lowest BCUT2D eigenvalue weighted by Gasteiger charge is -2.21. The van der Waals surface area contributed by atoms with Crippen LogP contribution in [0.15, 0.2) is 0 Å². The molecule has 0 radical (unpaired) electrons. The minimum atomic E-state index is -2.65. The monoisotopic (exact) mass is 235 g/mol. The molecule has 1 N–H and O–H groups in total. The van der Waals surface area contributed by atoms with Gasteiger partial charge in [-0.15, -0.1) is 0 Å². The van der Waals surface area contributed by atoms with Crippen molar-refractivity contribution in [2.24, 2.45) is 0 Å². The van der Waals surface area contributed by atoms with Crippen LogP contribution in [0.3, 0.4) is 0 Å². The summed E-state index contributed by atoms with van der Waals surface area (Å²) < 4.78 is 20.1. The van der Waals surface area contributed by atoms with E-state index in [1.807, 2.05) is 0 Å². The summed E-state index contributed by atoms with van der Waals surface area (Å²) in [6.07, 6.45) is 1.20. The summed E-state index contributed by atoms with van der Waals surface area (Å²) >= 11 is -2.65. The predicted molar refractivity (Wildman–Crippen MR) is 48.6 cm³/mol. The molecule has 1 aliphatic heterocycles. The molecule has 1 aliphatic rings. The normalized spacial score (nSPS) is 22.5. The van der Waals surface area contributed by atoms with E-state index in [-0.39, 0.29) is 5.91 Å². The Kier molecular flexibility index (Phi) is 4.18. The van der Waals surface area contributed by atoms with Crippen LogP contribution in [0.5, 0.6) is 0 Å². The molecular weight excluding hydrogens is 224 g/mol. The Morgan fingerprint density at radius 3 is 2.80 bits per heavy atom. The number of nitrogens with one attached hydrogen (secondary N) is 1. The topological polar surface area (TPSA) is 98.8 Å². The van der Waals surface area contributed by atoms with Crippen LogP contribution in [-0.4, -0.2) is 38.1 Å². The number of hydrogen-bond acceptors (Lipinski definition) is 5. The molecule has 0 aliphatic carbocycles. The van der Waals surface area contributed by atoms with E-state index in [2.05, 4.69) is 4.84 Å². The lowest BCUT2D eigenvalue weighted by atomic mass is 10.2. The highest BCUT2D eigenvalue weighted by Crippen LogP contribution is 2.17. The van der Waals surface area contributed by atoms with Crippen LogP contribution in [0.25, 0.3) is 0 Å². The highest BCUT2D eigenvalue weighted by molar-refractivity contribution is 7.76. The summed E-state index contributed by atoms with van der Waals surface area (Å²) in [7, 11) is 0. The maximum Gasteiger partial charge on any atom is 0.348 e. The van der Waals surface area contributed by atoms with E-state index >= 15 is 0 Å². The van der Waals surface area contributed by atoms with Crippen LogP contribution in [0.2, 0.25) is 0 Å². The quantitative estimate of drug-likeness (QED) is 0.491. The second-order valence-corrected chi connectivity index (χ2v) is 3.75. The smallest absolute Gasteiger partial charge is 0.348 e. The van der Waals surface area contributed by atoms with Crippen molar-refractivity contribution in [3.05, 3.63) is 0 Å². The first-order valence-electron chi connectivity index (χ1n) is 4.35. The van der Waals surface area contributed by atoms with Gasteiger partial charge in [0.05, 0.1) is 11.3 Å². The van der Waals surface area contributed by atoms with Gasteiger partial charge >= 0.3 is 5.97 Å². The number of amides is 1. The van der Waals surface area contributed by atoms with Crippen LogP contribution in [0, 0.1) is 0 Å². The summed E-state index contributed by atoms with van der Waals surface area (Å²) in [5.74, 6) is -0.982. The Labute approximate surface area is 89.1 Å². The Morgan fingerprint density at radius 2 is 2.27 bits per heavy atom. The number of nitrogens with zero attached hydrogens (tertiary/aromatic N) is 1. The molecule has 7 nitrogen and oxygen atoms in total. The van der Waals surface area contributed by atoms with Crippen molar-refractivity contribution < 1.29 is 23.2 Å². The fourth-order valence-corrected chi connectivity index (χ4v) is 1.68. The van der Waals surface area contributed by atoms with Gasteiger partial charge in [-0.25, -0.2) is 4.79 Å². The van der Waals surface area contributed by atoms with E-state index in [9.17, 15) is 18.4 Å². The average molecular weight is 235 g/mol. The predicted octanol–water partition coefficient (Wildman–Crippen LogP) is -1.16. The van der Waals surface area contributed by atoms with Gasteiger partial charge in [0.15, 0.2) is 0 Å². The summed E-state index contributed by atoms with van der Waals surface area (Å²) in [6, 6.07) is -0.682. The molecule has 0 aromatic rings. The van der Waals surface area contributed by atoms with Crippen LogP contribution >= 0.6 is 0 Å². The summed E-state index contributed by atoms with van der Waals surface area (Å²) in [4.78, 5) is 29.5. The van der Waals surface area contributed by atoms with Crippen molar-refractivity contribution in [1.29, 1.82) is 0 Å². The lowest BCUT2D eigenvalue weighted by molar-refractivity contribution is -0.155. The number of carbonyl (C=O) groups excluding carboxylic acids is 2. The SMILES string of the molecule is CC(=O)N1CCCC1C(=O)ONS(=O)[O-]. The van der Waals surface area contributed by atoms with Gasteiger partial charge in [-0.3, -0.25) is 9.00 Å². The van der Waals surface area contributed by atoms with Crippen molar-refractivity contribution in [2.45, 2.75) is 25.8 Å². The molecule has 1 fully saturated rings. The molecule has 0 aromatic heterocycles. The third-order valence-electron chi connectivity index (χ3n) is 2.14. The van der Waals surface area contributed by atoms with Gasteiger partial charge in [-0.05, 0) is 12.8 Å². The fourth-order valence-electron chi connectivity index (χ4n) is 1.53. The summed E-state index contributed by atoms with van der Waals surface area (Å²) in [5, 5.41) is 0. The van der Waals surface area contributed by atoms with Crippen LogP contribution in [0.1, 0.15) is 19.8 Å². The zero-order valence-corrected chi connectivity index (χ0v) is 8.91. The van der Waals surface area contributed by atoms with Crippen molar-refractivity contribution in [3.8, 4) is 0 Å². The number of hydrogen-bond donors (Lipinski definition) is 1. The van der Waals surface area contributed by atoms with Crippen LogP contribution < -0.4 is 4.89 Å². The fraction of sp³-hybridized carbons (Fsp3) is 0.714. The molecule has 15 heavy (non-hydrogen) atoms. The van der Waals surface area contributed by atoms with Crippen molar-refractivity contribution in [3.63, 3.8) is 0 Å². The van der Waals surface area contributed by atoms with E-state index in [1.165, 1.54) is 16.7 Å². The molecule has 2 atom stereocenters. The van der Waals surface area contributed by atoms with E-state index < -0.39 is 23.3 Å². The molecule has 86 valence electrons. The van der Waals surface area contributed by atoms with E-state index in [0.29, 0.717) is 19.4 Å².